The summed E-state index contributed by atoms with van der Waals surface area (Å²) >= 11 is 5.93. The Morgan fingerprint density at radius 1 is 0.909 bits per heavy atom. The second-order valence-electron chi connectivity index (χ2n) is 7.41. The zero-order valence-electron chi connectivity index (χ0n) is 17.9. The smallest absolute Gasteiger partial charge is 0.270 e. The van der Waals surface area contributed by atoms with Gasteiger partial charge in [0, 0.05) is 23.7 Å². The van der Waals surface area contributed by atoms with Gasteiger partial charge in [-0.05, 0) is 60.2 Å². The van der Waals surface area contributed by atoms with E-state index < -0.39 is 5.91 Å². The van der Waals surface area contributed by atoms with Gasteiger partial charge in [-0.25, -0.2) is 0 Å². The summed E-state index contributed by atoms with van der Waals surface area (Å²) < 4.78 is 11.3. The van der Waals surface area contributed by atoms with Crippen LogP contribution < -0.4 is 10.1 Å². The molecular weight excluding hydrogens is 440 g/mol. The summed E-state index contributed by atoms with van der Waals surface area (Å²) in [5, 5.41) is 3.30. The van der Waals surface area contributed by atoms with Crippen LogP contribution in [-0.4, -0.2) is 43.0 Å². The predicted molar refractivity (Wildman–Crippen MR) is 127 cm³/mol. The third kappa shape index (κ3) is 6.22. The van der Waals surface area contributed by atoms with Crippen LogP contribution in [0.3, 0.4) is 0 Å². The van der Waals surface area contributed by atoms with Gasteiger partial charge in [0.15, 0.2) is 0 Å². The fourth-order valence-corrected chi connectivity index (χ4v) is 3.47. The molecule has 6 nitrogen and oxygen atoms in total. The molecule has 1 aliphatic heterocycles. The number of hydrogen-bond donors (Lipinski definition) is 1. The number of morpholine rings is 1. The van der Waals surface area contributed by atoms with Gasteiger partial charge in [0.1, 0.15) is 17.2 Å². The third-order valence-corrected chi connectivity index (χ3v) is 5.28. The number of nitrogens with one attached hydrogen (secondary N) is 1. The van der Waals surface area contributed by atoms with Crippen molar-refractivity contribution in [2.45, 2.75) is 0 Å². The maximum Gasteiger partial charge on any atom is 0.270 e. The van der Waals surface area contributed by atoms with E-state index in [0.29, 0.717) is 48.4 Å². The van der Waals surface area contributed by atoms with Gasteiger partial charge in [0.2, 0.25) is 0 Å². The van der Waals surface area contributed by atoms with Crippen LogP contribution in [0.5, 0.6) is 11.5 Å². The van der Waals surface area contributed by atoms with E-state index in [-0.39, 0.29) is 11.6 Å². The molecule has 0 radical (unpaired) electrons. The van der Waals surface area contributed by atoms with Gasteiger partial charge in [-0.1, -0.05) is 41.9 Å². The quantitative estimate of drug-likeness (QED) is 0.536. The first-order valence-electron chi connectivity index (χ1n) is 10.6. The molecule has 0 atom stereocenters. The van der Waals surface area contributed by atoms with Crippen molar-refractivity contribution in [2.75, 3.05) is 26.3 Å². The van der Waals surface area contributed by atoms with E-state index in [4.69, 9.17) is 21.1 Å². The van der Waals surface area contributed by atoms with Gasteiger partial charge < -0.3 is 19.7 Å². The minimum atomic E-state index is -0.392. The Kier molecular flexibility index (Phi) is 7.40. The van der Waals surface area contributed by atoms with Crippen molar-refractivity contribution in [3.8, 4) is 11.5 Å². The highest BCUT2D eigenvalue weighted by atomic mass is 35.5. The molecule has 4 rings (SSSR count). The number of amides is 2. The maximum absolute atomic E-state index is 13.2. The summed E-state index contributed by atoms with van der Waals surface area (Å²) in [7, 11) is 0. The lowest BCUT2D eigenvalue weighted by Gasteiger charge is -2.27. The van der Waals surface area contributed by atoms with Crippen LogP contribution in [0.1, 0.15) is 15.9 Å². The second-order valence-corrected chi connectivity index (χ2v) is 7.85. The number of hydrogen-bond acceptors (Lipinski definition) is 4. The van der Waals surface area contributed by atoms with Crippen molar-refractivity contribution in [2.24, 2.45) is 0 Å². The summed E-state index contributed by atoms with van der Waals surface area (Å²) in [6, 6.07) is 23.3. The molecule has 1 fully saturated rings. The zero-order chi connectivity index (χ0) is 23.0. The fraction of sp³-hybridized carbons (Fsp3) is 0.154. The van der Waals surface area contributed by atoms with Crippen LogP contribution >= 0.6 is 11.6 Å². The molecule has 0 saturated carbocycles. The number of carbonyl (C=O) groups is 2. The number of ether oxygens (including phenoxy) is 2. The van der Waals surface area contributed by atoms with Crippen molar-refractivity contribution < 1.29 is 19.1 Å². The van der Waals surface area contributed by atoms with Gasteiger partial charge in [0.05, 0.1) is 13.2 Å². The molecular formula is C26H23ClN2O4. The number of para-hydroxylation sites is 1. The number of carbonyl (C=O) groups excluding carboxylic acids is 2. The maximum atomic E-state index is 13.2. The highest BCUT2D eigenvalue weighted by molar-refractivity contribution is 6.30. The molecule has 1 N–H and O–H groups in total. The molecule has 0 spiro atoms. The summed E-state index contributed by atoms with van der Waals surface area (Å²) in [5.74, 6) is 0.669. The highest BCUT2D eigenvalue weighted by Crippen LogP contribution is 2.23. The number of nitrogens with zero attached hydrogens (tertiary/aromatic N) is 1. The lowest BCUT2D eigenvalue weighted by Crippen LogP contribution is -2.44. The van der Waals surface area contributed by atoms with Crippen LogP contribution in [0.15, 0.2) is 84.6 Å². The molecule has 0 unspecified atom stereocenters. The van der Waals surface area contributed by atoms with Crippen molar-refractivity contribution in [3.63, 3.8) is 0 Å². The minimum absolute atomic E-state index is 0.175. The van der Waals surface area contributed by atoms with Crippen LogP contribution in [0.25, 0.3) is 6.08 Å². The average Bonchev–Trinajstić information content (AvgIpc) is 2.85. The highest BCUT2D eigenvalue weighted by Gasteiger charge is 2.22. The molecule has 0 aliphatic carbocycles. The molecule has 7 heteroatoms. The van der Waals surface area contributed by atoms with Crippen molar-refractivity contribution in [1.82, 2.24) is 10.2 Å². The van der Waals surface area contributed by atoms with E-state index >= 15 is 0 Å². The van der Waals surface area contributed by atoms with Gasteiger partial charge in [-0.3, -0.25) is 9.59 Å². The molecule has 3 aromatic rings. The first kappa shape index (κ1) is 22.6. The standard InChI is InChI=1S/C26H23ClN2O4/c27-21-11-9-20(10-12-21)25(30)28-24(26(31)29-13-15-32-16-14-29)18-19-5-4-8-23(17-19)33-22-6-2-1-3-7-22/h1-12,17-18H,13-16H2,(H,28,30)/b24-18-. The topological polar surface area (TPSA) is 67.9 Å². The molecule has 1 saturated heterocycles. The first-order valence-corrected chi connectivity index (χ1v) is 10.9. The molecule has 2 amide bonds. The van der Waals surface area contributed by atoms with Gasteiger partial charge in [-0.15, -0.1) is 0 Å². The second kappa shape index (κ2) is 10.8. The van der Waals surface area contributed by atoms with Gasteiger partial charge in [-0.2, -0.15) is 0 Å². The summed E-state index contributed by atoms with van der Waals surface area (Å²) in [4.78, 5) is 27.7. The monoisotopic (exact) mass is 462 g/mol. The number of benzene rings is 3. The lowest BCUT2D eigenvalue weighted by molar-refractivity contribution is -0.131. The van der Waals surface area contributed by atoms with Gasteiger partial charge >= 0.3 is 0 Å². The number of rotatable bonds is 6. The van der Waals surface area contributed by atoms with E-state index in [9.17, 15) is 9.59 Å². The largest absolute Gasteiger partial charge is 0.457 e. The molecule has 0 aromatic heterocycles. The lowest BCUT2D eigenvalue weighted by atomic mass is 10.1. The normalized spacial score (nSPS) is 14.0. The molecule has 33 heavy (non-hydrogen) atoms. The Bertz CT molecular complexity index is 1140. The molecule has 0 bridgehead atoms. The Balaban J connectivity index is 1.60. The SMILES string of the molecule is O=C(N/C(=C\c1cccc(Oc2ccccc2)c1)C(=O)N1CCOCC1)c1ccc(Cl)cc1. The van der Waals surface area contributed by atoms with Crippen molar-refractivity contribution in [1.29, 1.82) is 0 Å². The van der Waals surface area contributed by atoms with Crippen molar-refractivity contribution in [3.05, 3.63) is 101 Å². The molecule has 1 aliphatic rings. The van der Waals surface area contributed by atoms with E-state index in [0.717, 1.165) is 5.56 Å². The summed E-state index contributed by atoms with van der Waals surface area (Å²) in [5.41, 5.74) is 1.30. The first-order chi connectivity index (χ1) is 16.1. The Morgan fingerprint density at radius 3 is 2.33 bits per heavy atom. The zero-order valence-corrected chi connectivity index (χ0v) is 18.6. The van der Waals surface area contributed by atoms with Crippen molar-refractivity contribution >= 4 is 29.5 Å². The predicted octanol–water partition coefficient (Wildman–Crippen LogP) is 4.76. The Hall–Kier alpha value is -3.61. The van der Waals surface area contributed by atoms with E-state index in [2.05, 4.69) is 5.32 Å². The molecule has 168 valence electrons. The van der Waals surface area contributed by atoms with Crippen LogP contribution in [-0.2, 0) is 9.53 Å². The molecule has 1 heterocycles. The Morgan fingerprint density at radius 2 is 1.61 bits per heavy atom. The average molecular weight is 463 g/mol. The fourth-order valence-electron chi connectivity index (χ4n) is 3.34. The third-order valence-electron chi connectivity index (χ3n) is 5.03. The van der Waals surface area contributed by atoms with Crippen LogP contribution in [0.4, 0.5) is 0 Å². The Labute approximate surface area is 197 Å². The minimum Gasteiger partial charge on any atom is -0.457 e. The van der Waals surface area contributed by atoms with E-state index in [1.807, 2.05) is 54.6 Å². The van der Waals surface area contributed by atoms with E-state index in [1.54, 1.807) is 35.2 Å². The van der Waals surface area contributed by atoms with Crippen LogP contribution in [0, 0.1) is 0 Å². The van der Waals surface area contributed by atoms with Gasteiger partial charge in [0.25, 0.3) is 11.8 Å². The van der Waals surface area contributed by atoms with E-state index in [1.165, 1.54) is 0 Å². The summed E-state index contributed by atoms with van der Waals surface area (Å²) in [6.45, 7) is 1.85. The number of halogens is 1. The van der Waals surface area contributed by atoms with Crippen LogP contribution in [0.2, 0.25) is 5.02 Å². The molecule has 3 aromatic carbocycles. The summed E-state index contributed by atoms with van der Waals surface area (Å²) in [6.07, 6.45) is 1.66.